The number of rotatable bonds is 5. The van der Waals surface area contributed by atoms with Gasteiger partial charge in [0, 0.05) is 36.1 Å². The number of aryl methyl sites for hydroxylation is 1. The lowest BCUT2D eigenvalue weighted by atomic mass is 9.75. The van der Waals surface area contributed by atoms with Gasteiger partial charge < -0.3 is 29.6 Å². The maximum Gasteiger partial charge on any atom is 0.290 e. The number of amides is 4. The predicted octanol–water partition coefficient (Wildman–Crippen LogP) is 4.67. The van der Waals surface area contributed by atoms with Crippen molar-refractivity contribution in [1.29, 1.82) is 0 Å². The van der Waals surface area contributed by atoms with Gasteiger partial charge in [0.15, 0.2) is 17.1 Å². The van der Waals surface area contributed by atoms with Crippen LogP contribution in [0.2, 0.25) is 5.02 Å². The Morgan fingerprint density at radius 2 is 1.89 bits per heavy atom. The first-order chi connectivity index (χ1) is 21.6. The second-order valence-corrected chi connectivity index (χ2v) is 12.7. The van der Waals surface area contributed by atoms with Crippen LogP contribution >= 0.6 is 11.6 Å². The number of benzene rings is 2. The molecular weight excluding hydrogens is 596 g/mol. The highest BCUT2D eigenvalue weighted by Crippen LogP contribution is 2.36. The minimum Gasteiger partial charge on any atom is -0.493 e. The number of methoxy groups -OCH3 is 1. The number of carbonyl (C=O) groups is 4. The topological polar surface area (TPSA) is 121 Å². The van der Waals surface area contributed by atoms with Crippen LogP contribution in [0, 0.1) is 5.92 Å². The number of nitrogens with zero attached hydrogens (tertiary/aromatic N) is 2. The summed E-state index contributed by atoms with van der Waals surface area (Å²) in [6.45, 7) is 4.59. The molecule has 1 spiro atoms. The average molecular weight is 637 g/mol. The normalized spacial score (nSPS) is 20.2. The summed E-state index contributed by atoms with van der Waals surface area (Å²) >= 11 is 6.22. The molecule has 1 saturated heterocycles. The largest absolute Gasteiger partial charge is 0.493 e. The predicted molar refractivity (Wildman–Crippen MR) is 171 cm³/mol. The highest BCUT2D eigenvalue weighted by atomic mass is 35.5. The monoisotopic (exact) mass is 636 g/mol. The summed E-state index contributed by atoms with van der Waals surface area (Å²) in [5.74, 6) is -0.759. The Kier molecular flexibility index (Phi) is 10.0. The van der Waals surface area contributed by atoms with Crippen molar-refractivity contribution >= 4 is 46.2 Å². The molecule has 2 N–H and O–H groups in total. The van der Waals surface area contributed by atoms with Gasteiger partial charge in [0.1, 0.15) is 12.1 Å². The lowest BCUT2D eigenvalue weighted by Gasteiger charge is -2.39. The molecule has 1 aromatic heterocycles. The van der Waals surface area contributed by atoms with Gasteiger partial charge in [-0.3, -0.25) is 19.2 Å². The molecule has 240 valence electrons. The first-order valence-electron chi connectivity index (χ1n) is 15.6. The Balaban J connectivity index is 1.43. The van der Waals surface area contributed by atoms with E-state index in [9.17, 15) is 19.2 Å². The molecule has 0 saturated carbocycles. The van der Waals surface area contributed by atoms with Crippen LogP contribution < -0.4 is 15.4 Å². The van der Waals surface area contributed by atoms with Gasteiger partial charge in [-0.25, -0.2) is 0 Å². The molecule has 1 aliphatic heterocycles. The number of fused-ring (bicyclic) bond motifs is 3. The summed E-state index contributed by atoms with van der Waals surface area (Å²) in [6, 6.07) is 12.6. The average Bonchev–Trinajstić information content (AvgIpc) is 3.45. The second kappa shape index (κ2) is 13.9. The molecular formula is C34H41ClN4O6. The van der Waals surface area contributed by atoms with Gasteiger partial charge >= 0.3 is 0 Å². The van der Waals surface area contributed by atoms with Gasteiger partial charge in [0.25, 0.3) is 5.91 Å². The van der Waals surface area contributed by atoms with Gasteiger partial charge in [-0.15, -0.1) is 0 Å². The standard InChI is InChI=1S/C34H41ClN4O6/c1-22(2)12-16-38-20-29(40)37-34(13-8-10-23-9-4-5-11-26(23)34)33(43)36-14-6-7-15-39(21-30(38)41)32(42)28-18-24-17-25(35)19-27(44-3)31(24)45-28/h4-5,9,11,17-19,22H,6-8,10,12-16,20-21H2,1-3H3,(H,36,43)(H,37,40). The second-order valence-electron chi connectivity index (χ2n) is 12.3. The van der Waals surface area contributed by atoms with Crippen LogP contribution in [0.4, 0.5) is 0 Å². The van der Waals surface area contributed by atoms with Crippen molar-refractivity contribution in [1.82, 2.24) is 20.4 Å². The van der Waals surface area contributed by atoms with E-state index in [0.717, 1.165) is 24.0 Å². The van der Waals surface area contributed by atoms with Crippen LogP contribution in [0.5, 0.6) is 5.75 Å². The number of ether oxygens (including phenoxy) is 1. The summed E-state index contributed by atoms with van der Waals surface area (Å²) < 4.78 is 11.3. The third kappa shape index (κ3) is 7.11. The van der Waals surface area contributed by atoms with E-state index < -0.39 is 17.4 Å². The lowest BCUT2D eigenvalue weighted by molar-refractivity contribution is -0.139. The molecule has 4 amide bonds. The molecule has 2 aromatic carbocycles. The van der Waals surface area contributed by atoms with Crippen molar-refractivity contribution in [3.8, 4) is 5.75 Å². The zero-order valence-electron chi connectivity index (χ0n) is 26.1. The molecule has 10 nitrogen and oxygen atoms in total. The number of carbonyl (C=O) groups excluding carboxylic acids is 4. The Labute approximate surface area is 268 Å². The molecule has 1 fully saturated rings. The van der Waals surface area contributed by atoms with Crippen LogP contribution in [0.15, 0.2) is 46.9 Å². The highest BCUT2D eigenvalue weighted by molar-refractivity contribution is 6.31. The van der Waals surface area contributed by atoms with Crippen LogP contribution in [0.3, 0.4) is 0 Å². The van der Waals surface area contributed by atoms with Crippen LogP contribution in [-0.2, 0) is 26.3 Å². The number of nitrogens with one attached hydrogen (secondary N) is 2. The molecule has 5 rings (SSSR count). The smallest absolute Gasteiger partial charge is 0.290 e. The van der Waals surface area contributed by atoms with E-state index in [4.69, 9.17) is 20.8 Å². The first-order valence-corrected chi connectivity index (χ1v) is 16.0. The minimum absolute atomic E-state index is 0.0529. The molecule has 3 aromatic rings. The van der Waals surface area contributed by atoms with Crippen molar-refractivity contribution < 1.29 is 28.3 Å². The zero-order chi connectivity index (χ0) is 32.1. The molecule has 1 aliphatic carbocycles. The quantitative estimate of drug-likeness (QED) is 0.420. The zero-order valence-corrected chi connectivity index (χ0v) is 26.9. The van der Waals surface area contributed by atoms with Crippen molar-refractivity contribution in [2.45, 2.75) is 57.9 Å². The van der Waals surface area contributed by atoms with Crippen LogP contribution in [0.25, 0.3) is 11.0 Å². The summed E-state index contributed by atoms with van der Waals surface area (Å²) in [6.07, 6.45) is 3.82. The van der Waals surface area contributed by atoms with E-state index >= 15 is 0 Å². The minimum atomic E-state index is -1.21. The number of furan rings is 1. The van der Waals surface area contributed by atoms with Crippen molar-refractivity contribution in [2.75, 3.05) is 39.8 Å². The van der Waals surface area contributed by atoms with Gasteiger partial charge in [0.05, 0.1) is 13.7 Å². The van der Waals surface area contributed by atoms with Gasteiger partial charge in [-0.2, -0.15) is 0 Å². The molecule has 0 radical (unpaired) electrons. The molecule has 2 heterocycles. The third-order valence-corrected chi connectivity index (χ3v) is 8.83. The Hall–Kier alpha value is -4.05. The Morgan fingerprint density at radius 1 is 1.09 bits per heavy atom. The summed E-state index contributed by atoms with van der Waals surface area (Å²) in [7, 11) is 1.49. The molecule has 1 atom stereocenters. The highest BCUT2D eigenvalue weighted by Gasteiger charge is 2.44. The van der Waals surface area contributed by atoms with E-state index in [0.29, 0.717) is 60.5 Å². The van der Waals surface area contributed by atoms with Crippen LogP contribution in [0.1, 0.15) is 67.6 Å². The SMILES string of the molecule is COc1cc(Cl)cc2cc(C(=O)N3CCCCNC(=O)C4(CCCc5ccccc54)NC(=O)CN(CCC(C)C)C(=O)C3)oc12. The lowest BCUT2D eigenvalue weighted by Crippen LogP contribution is -2.60. The van der Waals surface area contributed by atoms with Crippen molar-refractivity contribution in [3.05, 3.63) is 64.4 Å². The van der Waals surface area contributed by atoms with Crippen molar-refractivity contribution in [2.24, 2.45) is 5.92 Å². The van der Waals surface area contributed by atoms with Crippen molar-refractivity contribution in [3.63, 3.8) is 0 Å². The molecule has 45 heavy (non-hydrogen) atoms. The summed E-state index contributed by atoms with van der Waals surface area (Å²) in [5, 5.41) is 7.15. The van der Waals surface area contributed by atoms with E-state index in [1.54, 1.807) is 18.2 Å². The molecule has 2 aliphatic rings. The fraction of sp³-hybridized carbons (Fsp3) is 0.471. The van der Waals surface area contributed by atoms with E-state index in [2.05, 4.69) is 10.6 Å². The molecule has 11 heteroatoms. The third-order valence-electron chi connectivity index (χ3n) is 8.61. The van der Waals surface area contributed by atoms with E-state index in [-0.39, 0.29) is 43.1 Å². The number of hydrogen-bond donors (Lipinski definition) is 2. The fourth-order valence-corrected chi connectivity index (χ4v) is 6.42. The Morgan fingerprint density at radius 3 is 2.67 bits per heavy atom. The van der Waals surface area contributed by atoms with Gasteiger partial charge in [-0.05, 0) is 67.7 Å². The van der Waals surface area contributed by atoms with E-state index in [1.165, 1.54) is 16.9 Å². The summed E-state index contributed by atoms with van der Waals surface area (Å²) in [5.41, 5.74) is 1.01. The van der Waals surface area contributed by atoms with Gasteiger partial charge in [-0.1, -0.05) is 49.7 Å². The molecule has 0 bridgehead atoms. The first kappa shape index (κ1) is 32.3. The fourth-order valence-electron chi connectivity index (χ4n) is 6.21. The summed E-state index contributed by atoms with van der Waals surface area (Å²) in [4.78, 5) is 58.1. The van der Waals surface area contributed by atoms with E-state index in [1.807, 2.05) is 38.1 Å². The number of hydrogen-bond acceptors (Lipinski definition) is 6. The maximum absolute atomic E-state index is 13.8. The Bertz CT molecular complexity index is 1590. The number of halogens is 1. The van der Waals surface area contributed by atoms with Gasteiger partial charge in [0.2, 0.25) is 17.7 Å². The van der Waals surface area contributed by atoms with Crippen LogP contribution in [-0.4, -0.2) is 73.3 Å². The maximum atomic E-state index is 13.8. The molecule has 1 unspecified atom stereocenters.